The molecule has 17 heavy (non-hydrogen) atoms. The van der Waals surface area contributed by atoms with Crippen LogP contribution in [0.2, 0.25) is 0 Å². The fourth-order valence-corrected chi connectivity index (χ4v) is 1.82. The molecule has 1 aliphatic heterocycles. The van der Waals surface area contributed by atoms with Crippen LogP contribution in [0, 0.1) is 0 Å². The fourth-order valence-electron chi connectivity index (χ4n) is 1.82. The molecule has 0 aromatic carbocycles. The number of amides is 2. The Morgan fingerprint density at radius 1 is 1.53 bits per heavy atom. The lowest BCUT2D eigenvalue weighted by Crippen LogP contribution is -2.52. The van der Waals surface area contributed by atoms with Gasteiger partial charge in [0.15, 0.2) is 0 Å². The predicted octanol–water partition coefficient (Wildman–Crippen LogP) is 1.39. The van der Waals surface area contributed by atoms with Gasteiger partial charge in [-0.1, -0.05) is 13.3 Å². The monoisotopic (exact) mass is 243 g/mol. The van der Waals surface area contributed by atoms with E-state index in [9.17, 15) is 14.4 Å². The van der Waals surface area contributed by atoms with Crippen molar-refractivity contribution in [2.45, 2.75) is 45.1 Å². The van der Waals surface area contributed by atoms with Gasteiger partial charge in [0.2, 0.25) is 5.91 Å². The molecule has 1 fully saturated rings. The van der Waals surface area contributed by atoms with Gasteiger partial charge in [0.25, 0.3) is 0 Å². The summed E-state index contributed by atoms with van der Waals surface area (Å²) in [5.74, 6) is -1.19. The van der Waals surface area contributed by atoms with Crippen LogP contribution in [0.25, 0.3) is 0 Å². The van der Waals surface area contributed by atoms with Crippen LogP contribution in [0.3, 0.4) is 0 Å². The summed E-state index contributed by atoms with van der Waals surface area (Å²) in [7, 11) is 0. The van der Waals surface area contributed by atoms with Crippen molar-refractivity contribution in [3.05, 3.63) is 0 Å². The fraction of sp³-hybridized carbons (Fsp3) is 0.727. The normalized spacial score (nSPS) is 23.9. The highest BCUT2D eigenvalue weighted by Gasteiger charge is 2.52. The Labute approximate surface area is 99.5 Å². The zero-order valence-electron chi connectivity index (χ0n) is 10.1. The highest BCUT2D eigenvalue weighted by Crippen LogP contribution is 2.31. The molecule has 1 saturated heterocycles. The van der Waals surface area contributed by atoms with Crippen molar-refractivity contribution < 1.29 is 24.2 Å². The Hall–Kier alpha value is -1.59. The number of ether oxygens (including phenoxy) is 1. The van der Waals surface area contributed by atoms with E-state index in [-0.39, 0.29) is 19.4 Å². The van der Waals surface area contributed by atoms with E-state index >= 15 is 0 Å². The maximum atomic E-state index is 11.8. The van der Waals surface area contributed by atoms with Gasteiger partial charge in [-0.3, -0.25) is 4.79 Å². The molecule has 1 N–H and O–H groups in total. The second kappa shape index (κ2) is 5.16. The molecule has 1 aliphatic rings. The summed E-state index contributed by atoms with van der Waals surface area (Å²) in [6.07, 6.45) is 0.450. The van der Waals surface area contributed by atoms with Crippen molar-refractivity contribution in [3.63, 3.8) is 0 Å². The van der Waals surface area contributed by atoms with E-state index in [2.05, 4.69) is 0 Å². The smallest absolute Gasteiger partial charge is 0.415 e. The molecule has 0 aromatic rings. The Balaban J connectivity index is 2.75. The molecule has 0 aliphatic carbocycles. The van der Waals surface area contributed by atoms with Crippen LogP contribution in [-0.2, 0) is 14.3 Å². The molecule has 1 atom stereocenters. The van der Waals surface area contributed by atoms with Crippen LogP contribution in [0.1, 0.15) is 39.5 Å². The van der Waals surface area contributed by atoms with Gasteiger partial charge in [0.05, 0.1) is 6.61 Å². The minimum absolute atomic E-state index is 0.0612. The van der Waals surface area contributed by atoms with Gasteiger partial charge >= 0.3 is 12.1 Å². The van der Waals surface area contributed by atoms with Gasteiger partial charge in [-0.25, -0.2) is 14.5 Å². The summed E-state index contributed by atoms with van der Waals surface area (Å²) in [6, 6.07) is 0. The largest absolute Gasteiger partial charge is 0.465 e. The van der Waals surface area contributed by atoms with E-state index in [0.717, 1.165) is 12.8 Å². The van der Waals surface area contributed by atoms with E-state index in [0.29, 0.717) is 4.90 Å². The maximum absolute atomic E-state index is 11.8. The van der Waals surface area contributed by atoms with E-state index < -0.39 is 23.5 Å². The lowest BCUT2D eigenvalue weighted by molar-refractivity contribution is -0.157. The zero-order valence-corrected chi connectivity index (χ0v) is 10.1. The second-order valence-corrected chi connectivity index (χ2v) is 4.28. The Morgan fingerprint density at radius 2 is 2.18 bits per heavy atom. The summed E-state index contributed by atoms with van der Waals surface area (Å²) < 4.78 is 5.00. The second-order valence-electron chi connectivity index (χ2n) is 4.28. The van der Waals surface area contributed by atoms with E-state index in [1.165, 1.54) is 6.92 Å². The summed E-state index contributed by atoms with van der Waals surface area (Å²) in [6.45, 7) is 3.64. The Kier molecular flexibility index (Phi) is 4.09. The zero-order chi connectivity index (χ0) is 13.1. The third-order valence-corrected chi connectivity index (χ3v) is 2.93. The first-order chi connectivity index (χ1) is 7.93. The number of rotatable bonds is 4. The SMILES string of the molecule is CCCCOC(=O)C1(C)CCC(=O)N1C(=O)O. The first kappa shape index (κ1) is 13.5. The van der Waals surface area contributed by atoms with Gasteiger partial charge in [0, 0.05) is 6.42 Å². The lowest BCUT2D eigenvalue weighted by Gasteiger charge is -2.28. The number of unbranched alkanes of at least 4 members (excludes halogenated alkanes) is 1. The molecule has 2 amide bonds. The van der Waals surface area contributed by atoms with Gasteiger partial charge in [0.1, 0.15) is 5.54 Å². The standard InChI is InChI=1S/C11H17NO5/c1-3-4-7-17-9(14)11(2)6-5-8(13)12(11)10(15)16/h3-7H2,1-2H3,(H,15,16). The quantitative estimate of drug-likeness (QED) is 0.595. The van der Waals surface area contributed by atoms with Crippen LogP contribution >= 0.6 is 0 Å². The van der Waals surface area contributed by atoms with Crippen LogP contribution < -0.4 is 0 Å². The molecule has 0 aromatic heterocycles. The summed E-state index contributed by atoms with van der Waals surface area (Å²) in [5, 5.41) is 8.94. The third kappa shape index (κ3) is 2.57. The molecular weight excluding hydrogens is 226 g/mol. The first-order valence-corrected chi connectivity index (χ1v) is 5.66. The average molecular weight is 243 g/mol. The van der Waals surface area contributed by atoms with Crippen molar-refractivity contribution in [2.75, 3.05) is 6.61 Å². The van der Waals surface area contributed by atoms with Crippen molar-refractivity contribution in [1.82, 2.24) is 4.90 Å². The van der Waals surface area contributed by atoms with Gasteiger partial charge in [-0.2, -0.15) is 0 Å². The van der Waals surface area contributed by atoms with Gasteiger partial charge in [-0.05, 0) is 19.8 Å². The number of carbonyl (C=O) groups is 3. The molecule has 0 bridgehead atoms. The van der Waals surface area contributed by atoms with Crippen molar-refractivity contribution in [2.24, 2.45) is 0 Å². The predicted molar refractivity (Wildman–Crippen MR) is 58.4 cm³/mol. The molecule has 0 spiro atoms. The van der Waals surface area contributed by atoms with Crippen LogP contribution in [0.15, 0.2) is 0 Å². The average Bonchev–Trinajstić information content (AvgIpc) is 2.56. The highest BCUT2D eigenvalue weighted by atomic mass is 16.5. The topological polar surface area (TPSA) is 83.9 Å². The number of carboxylic acid groups (broad SMARTS) is 1. The van der Waals surface area contributed by atoms with Gasteiger partial charge in [-0.15, -0.1) is 0 Å². The summed E-state index contributed by atoms with van der Waals surface area (Å²) in [4.78, 5) is 34.8. The number of carbonyl (C=O) groups excluding carboxylic acids is 2. The first-order valence-electron chi connectivity index (χ1n) is 5.66. The molecule has 6 nitrogen and oxygen atoms in total. The minimum Gasteiger partial charge on any atom is -0.465 e. The number of likely N-dealkylation sites (tertiary alicyclic amines) is 1. The molecule has 1 unspecified atom stereocenters. The van der Waals surface area contributed by atoms with Crippen LogP contribution in [0.5, 0.6) is 0 Å². The van der Waals surface area contributed by atoms with Crippen molar-refractivity contribution in [3.8, 4) is 0 Å². The van der Waals surface area contributed by atoms with E-state index in [4.69, 9.17) is 9.84 Å². The maximum Gasteiger partial charge on any atom is 0.415 e. The van der Waals surface area contributed by atoms with E-state index in [1.54, 1.807) is 0 Å². The van der Waals surface area contributed by atoms with Gasteiger partial charge < -0.3 is 9.84 Å². The Morgan fingerprint density at radius 3 is 2.71 bits per heavy atom. The van der Waals surface area contributed by atoms with Crippen molar-refractivity contribution >= 4 is 18.0 Å². The number of nitrogens with zero attached hydrogens (tertiary/aromatic N) is 1. The minimum atomic E-state index is -1.40. The molecule has 0 saturated carbocycles. The number of esters is 1. The summed E-state index contributed by atoms with van der Waals surface area (Å²) >= 11 is 0. The molecule has 96 valence electrons. The lowest BCUT2D eigenvalue weighted by atomic mass is 9.99. The molecule has 1 heterocycles. The molecule has 6 heteroatoms. The van der Waals surface area contributed by atoms with Crippen LogP contribution in [0.4, 0.5) is 4.79 Å². The Bertz CT molecular complexity index is 341. The number of hydrogen-bond acceptors (Lipinski definition) is 4. The molecule has 0 radical (unpaired) electrons. The number of hydrogen-bond donors (Lipinski definition) is 1. The summed E-state index contributed by atoms with van der Waals surface area (Å²) in [5.41, 5.74) is -1.36. The molecule has 1 rings (SSSR count). The van der Waals surface area contributed by atoms with Crippen LogP contribution in [-0.4, -0.2) is 40.1 Å². The highest BCUT2D eigenvalue weighted by molar-refractivity contribution is 6.01. The van der Waals surface area contributed by atoms with Crippen molar-refractivity contribution in [1.29, 1.82) is 0 Å². The van der Waals surface area contributed by atoms with E-state index in [1.807, 2.05) is 6.92 Å². The third-order valence-electron chi connectivity index (χ3n) is 2.93. The number of imide groups is 1. The molecular formula is C11H17NO5.